The van der Waals surface area contributed by atoms with Crippen molar-refractivity contribution in [3.05, 3.63) is 29.3 Å². The van der Waals surface area contributed by atoms with E-state index < -0.39 is 0 Å². The Bertz CT molecular complexity index is 478. The third kappa shape index (κ3) is 2.17. The number of rotatable bonds is 3. The molecule has 96 valence electrons. The van der Waals surface area contributed by atoms with E-state index in [0.29, 0.717) is 6.42 Å². The van der Waals surface area contributed by atoms with Gasteiger partial charge in [0.05, 0.1) is 10.9 Å². The van der Waals surface area contributed by atoms with Crippen LogP contribution in [-0.2, 0) is 9.59 Å². The number of nitrogens with zero attached hydrogens (tertiary/aromatic N) is 1. The number of benzene rings is 1. The molecular formula is C14H17NO2S. The Morgan fingerprint density at radius 1 is 1.28 bits per heavy atom. The van der Waals surface area contributed by atoms with Crippen molar-refractivity contribution in [2.45, 2.75) is 32.4 Å². The maximum absolute atomic E-state index is 12.3. The maximum atomic E-state index is 12.3. The largest absolute Gasteiger partial charge is 0.274 e. The first-order chi connectivity index (χ1) is 8.56. The standard InChI is InChI=1S/C14H17NO2S/c1-4-18-11-8-12(16)15(14(11)17)13-9(2)6-5-7-10(13)3/h5-7,11H,4,8H2,1-3H3/t11-/m0/s1. The molecule has 4 heteroatoms. The van der Waals surface area contributed by atoms with Crippen LogP contribution in [0.4, 0.5) is 5.69 Å². The minimum Gasteiger partial charge on any atom is -0.274 e. The first-order valence-electron chi connectivity index (χ1n) is 6.11. The lowest BCUT2D eigenvalue weighted by Gasteiger charge is -2.19. The smallest absolute Gasteiger partial charge is 0.247 e. The van der Waals surface area contributed by atoms with Crippen LogP contribution in [0, 0.1) is 13.8 Å². The number of hydrogen-bond acceptors (Lipinski definition) is 3. The van der Waals surface area contributed by atoms with Crippen LogP contribution in [0.3, 0.4) is 0 Å². The van der Waals surface area contributed by atoms with Gasteiger partial charge in [-0.3, -0.25) is 9.59 Å². The second kappa shape index (κ2) is 5.14. The van der Waals surface area contributed by atoms with E-state index in [-0.39, 0.29) is 17.1 Å². The van der Waals surface area contributed by atoms with Crippen LogP contribution in [0.15, 0.2) is 18.2 Å². The number of anilines is 1. The summed E-state index contributed by atoms with van der Waals surface area (Å²) >= 11 is 1.55. The Balaban J connectivity index is 2.39. The summed E-state index contributed by atoms with van der Waals surface area (Å²) in [7, 11) is 0. The average Bonchev–Trinajstić information content (AvgIpc) is 2.57. The number of carbonyl (C=O) groups is 2. The number of carbonyl (C=O) groups excluding carboxylic acids is 2. The zero-order valence-corrected chi connectivity index (χ0v) is 11.7. The normalized spacial score (nSPS) is 19.7. The van der Waals surface area contributed by atoms with Crippen LogP contribution in [0.25, 0.3) is 0 Å². The van der Waals surface area contributed by atoms with Crippen LogP contribution in [-0.4, -0.2) is 22.8 Å². The van der Waals surface area contributed by atoms with E-state index in [0.717, 1.165) is 22.6 Å². The molecule has 1 aliphatic rings. The molecule has 0 spiro atoms. The molecule has 0 N–H and O–H groups in total. The number of aryl methyl sites for hydroxylation is 2. The minimum atomic E-state index is -0.207. The van der Waals surface area contributed by atoms with Crippen LogP contribution in [0.2, 0.25) is 0 Å². The first-order valence-corrected chi connectivity index (χ1v) is 7.15. The summed E-state index contributed by atoms with van der Waals surface area (Å²) in [5.41, 5.74) is 2.71. The summed E-state index contributed by atoms with van der Waals surface area (Å²) in [4.78, 5) is 25.7. The Hall–Kier alpha value is -1.29. The summed E-state index contributed by atoms with van der Waals surface area (Å²) in [6, 6.07) is 5.81. The van der Waals surface area contributed by atoms with Gasteiger partial charge in [0, 0.05) is 6.42 Å². The highest BCUT2D eigenvalue weighted by Gasteiger charge is 2.40. The van der Waals surface area contributed by atoms with Gasteiger partial charge in [0.25, 0.3) is 0 Å². The van der Waals surface area contributed by atoms with Crippen molar-refractivity contribution in [1.29, 1.82) is 0 Å². The summed E-state index contributed by atoms with van der Waals surface area (Å²) in [5.74, 6) is 0.706. The molecule has 1 atom stereocenters. The highest BCUT2D eigenvalue weighted by Crippen LogP contribution is 2.33. The van der Waals surface area contributed by atoms with Crippen molar-refractivity contribution in [3.8, 4) is 0 Å². The third-order valence-corrected chi connectivity index (χ3v) is 4.24. The Kier molecular flexibility index (Phi) is 3.76. The molecule has 1 saturated heterocycles. The van der Waals surface area contributed by atoms with Crippen LogP contribution in [0.5, 0.6) is 0 Å². The van der Waals surface area contributed by atoms with Crippen molar-refractivity contribution in [1.82, 2.24) is 0 Å². The molecule has 1 aliphatic heterocycles. The topological polar surface area (TPSA) is 37.4 Å². The van der Waals surface area contributed by atoms with Gasteiger partial charge < -0.3 is 0 Å². The summed E-state index contributed by atoms with van der Waals surface area (Å²) in [6.07, 6.45) is 0.325. The van der Waals surface area contributed by atoms with E-state index in [1.807, 2.05) is 39.0 Å². The Morgan fingerprint density at radius 3 is 2.44 bits per heavy atom. The summed E-state index contributed by atoms with van der Waals surface area (Å²) in [6.45, 7) is 5.87. The van der Waals surface area contributed by atoms with E-state index >= 15 is 0 Å². The van der Waals surface area contributed by atoms with Gasteiger partial charge in [0.15, 0.2) is 0 Å². The lowest BCUT2D eigenvalue weighted by Crippen LogP contribution is -2.32. The molecule has 0 bridgehead atoms. The first kappa shape index (κ1) is 13.1. The van der Waals surface area contributed by atoms with E-state index in [2.05, 4.69) is 0 Å². The van der Waals surface area contributed by atoms with Gasteiger partial charge in [-0.25, -0.2) is 4.90 Å². The maximum Gasteiger partial charge on any atom is 0.247 e. The highest BCUT2D eigenvalue weighted by atomic mass is 32.2. The molecule has 1 aromatic carbocycles. The van der Waals surface area contributed by atoms with Gasteiger partial charge in [-0.2, -0.15) is 0 Å². The van der Waals surface area contributed by atoms with Crippen molar-refractivity contribution in [3.63, 3.8) is 0 Å². The van der Waals surface area contributed by atoms with Gasteiger partial charge in [-0.05, 0) is 30.7 Å². The lowest BCUT2D eigenvalue weighted by atomic mass is 10.1. The molecule has 1 heterocycles. The molecule has 0 unspecified atom stereocenters. The average molecular weight is 263 g/mol. The molecule has 18 heavy (non-hydrogen) atoms. The van der Waals surface area contributed by atoms with Gasteiger partial charge in [0.1, 0.15) is 0 Å². The fourth-order valence-electron chi connectivity index (χ4n) is 2.33. The number of imide groups is 1. The second-order valence-electron chi connectivity index (χ2n) is 4.46. The van der Waals surface area contributed by atoms with Crippen molar-refractivity contribution < 1.29 is 9.59 Å². The Labute approximate surface area is 112 Å². The molecule has 1 aromatic rings. The molecule has 3 nitrogen and oxygen atoms in total. The number of amides is 2. The van der Waals surface area contributed by atoms with Crippen LogP contribution in [0.1, 0.15) is 24.5 Å². The second-order valence-corrected chi connectivity index (χ2v) is 5.94. The fraction of sp³-hybridized carbons (Fsp3) is 0.429. The third-order valence-electron chi connectivity index (χ3n) is 3.14. The van der Waals surface area contributed by atoms with E-state index in [9.17, 15) is 9.59 Å². The fourth-order valence-corrected chi connectivity index (χ4v) is 3.24. The Morgan fingerprint density at radius 2 is 1.89 bits per heavy atom. The van der Waals surface area contributed by atoms with Crippen molar-refractivity contribution in [2.24, 2.45) is 0 Å². The van der Waals surface area contributed by atoms with Gasteiger partial charge in [0.2, 0.25) is 11.8 Å². The van der Waals surface area contributed by atoms with E-state index in [1.54, 1.807) is 11.8 Å². The summed E-state index contributed by atoms with van der Waals surface area (Å²) < 4.78 is 0. The SMILES string of the molecule is CCS[C@H]1CC(=O)N(c2c(C)cccc2C)C1=O. The highest BCUT2D eigenvalue weighted by molar-refractivity contribution is 8.00. The van der Waals surface area contributed by atoms with Crippen molar-refractivity contribution in [2.75, 3.05) is 10.7 Å². The van der Waals surface area contributed by atoms with E-state index in [4.69, 9.17) is 0 Å². The van der Waals surface area contributed by atoms with Crippen LogP contribution < -0.4 is 4.90 Å². The van der Waals surface area contributed by atoms with Gasteiger partial charge in [-0.15, -0.1) is 11.8 Å². The lowest BCUT2D eigenvalue weighted by molar-refractivity contribution is -0.121. The molecule has 0 radical (unpaired) electrons. The zero-order chi connectivity index (χ0) is 13.3. The molecular weight excluding hydrogens is 246 g/mol. The molecule has 1 fully saturated rings. The number of para-hydroxylation sites is 1. The number of thioether (sulfide) groups is 1. The molecule has 2 amide bonds. The quantitative estimate of drug-likeness (QED) is 0.787. The van der Waals surface area contributed by atoms with E-state index in [1.165, 1.54) is 4.90 Å². The zero-order valence-electron chi connectivity index (χ0n) is 10.9. The van der Waals surface area contributed by atoms with Crippen LogP contribution >= 0.6 is 11.8 Å². The minimum absolute atomic E-state index is 0.0655. The molecule has 2 rings (SSSR count). The molecule has 0 aliphatic carbocycles. The van der Waals surface area contributed by atoms with Crippen molar-refractivity contribution >= 4 is 29.3 Å². The number of hydrogen-bond donors (Lipinski definition) is 0. The summed E-state index contributed by atoms with van der Waals surface area (Å²) in [5, 5.41) is -0.207. The predicted molar refractivity (Wildman–Crippen MR) is 74.9 cm³/mol. The van der Waals surface area contributed by atoms with Gasteiger partial charge >= 0.3 is 0 Å². The molecule has 0 aromatic heterocycles. The monoisotopic (exact) mass is 263 g/mol. The van der Waals surface area contributed by atoms with Gasteiger partial charge in [-0.1, -0.05) is 25.1 Å². The molecule has 0 saturated carbocycles. The predicted octanol–water partition coefficient (Wildman–Crippen LogP) is 2.69.